The molecule has 8 nitrogen and oxygen atoms in total. The molecule has 1 fully saturated rings. The molecular formula is C25H26F4N4O4. The van der Waals surface area contributed by atoms with E-state index in [1.165, 1.54) is 24.5 Å². The second-order valence-corrected chi connectivity index (χ2v) is 9.53. The zero-order chi connectivity index (χ0) is 27.3. The van der Waals surface area contributed by atoms with Crippen LogP contribution in [-0.2, 0) is 22.6 Å². The Morgan fingerprint density at radius 3 is 2.49 bits per heavy atom. The van der Waals surface area contributed by atoms with Crippen LogP contribution in [0.15, 0.2) is 12.3 Å². The number of nitrogens with zero attached hydrogens (tertiary/aromatic N) is 2. The predicted molar refractivity (Wildman–Crippen MR) is 124 cm³/mol. The van der Waals surface area contributed by atoms with E-state index in [0.717, 1.165) is 13.1 Å². The Kier molecular flexibility index (Phi) is 6.72. The van der Waals surface area contributed by atoms with E-state index in [1.54, 1.807) is 0 Å². The summed E-state index contributed by atoms with van der Waals surface area (Å²) >= 11 is 0. The van der Waals surface area contributed by atoms with Crippen molar-refractivity contribution in [2.24, 2.45) is 0 Å². The van der Waals surface area contributed by atoms with E-state index in [9.17, 15) is 36.7 Å². The molecule has 0 aromatic carbocycles. The molecule has 0 bridgehead atoms. The SMILES string of the molecule is CCC(=O)C1(NC(=O)C(=O)c2c(C)c(C(=O)Nc3ccnc(C(C)F)c3F)c3n2CCC3)CC(F)(F)C1. The second-order valence-electron chi connectivity index (χ2n) is 9.53. The van der Waals surface area contributed by atoms with Crippen LogP contribution in [0.1, 0.15) is 83.5 Å². The van der Waals surface area contributed by atoms with Gasteiger partial charge in [-0.2, -0.15) is 0 Å². The highest BCUT2D eigenvalue weighted by atomic mass is 19.3. The Morgan fingerprint density at radius 2 is 1.89 bits per heavy atom. The third-order valence-corrected chi connectivity index (χ3v) is 6.93. The molecule has 2 aromatic rings. The quantitative estimate of drug-likeness (QED) is 0.309. The van der Waals surface area contributed by atoms with Crippen LogP contribution in [0.5, 0.6) is 0 Å². The molecule has 4 rings (SSSR count). The maximum Gasteiger partial charge on any atom is 0.294 e. The third-order valence-electron chi connectivity index (χ3n) is 6.93. The van der Waals surface area contributed by atoms with Crippen LogP contribution >= 0.6 is 0 Å². The second kappa shape index (κ2) is 9.38. The van der Waals surface area contributed by atoms with Crippen LogP contribution in [0.4, 0.5) is 23.2 Å². The molecule has 2 amide bonds. The summed E-state index contributed by atoms with van der Waals surface area (Å²) in [5.41, 5.74) is -2.02. The summed E-state index contributed by atoms with van der Waals surface area (Å²) < 4.78 is 57.1. The number of nitrogens with one attached hydrogen (secondary N) is 2. The van der Waals surface area contributed by atoms with E-state index in [0.29, 0.717) is 25.1 Å². The van der Waals surface area contributed by atoms with Gasteiger partial charge in [-0.3, -0.25) is 24.2 Å². The fourth-order valence-corrected chi connectivity index (χ4v) is 5.24. The minimum atomic E-state index is -3.12. The number of carbonyl (C=O) groups is 4. The first kappa shape index (κ1) is 26.5. The fourth-order valence-electron chi connectivity index (χ4n) is 5.24. The zero-order valence-corrected chi connectivity index (χ0v) is 20.5. The normalized spacial score (nSPS) is 17.9. The standard InChI is InChI=1S/C25H26F4N4O4/c1-4-16(34)24(10-25(28,29)11-24)32-23(37)21(35)20-12(2)17(15-6-5-9-33(15)20)22(36)31-14-7-8-30-19(13(3)26)18(14)27/h7-8,13H,4-6,9-11H2,1-3H3,(H,32,37)(H,30,31,36). The summed E-state index contributed by atoms with van der Waals surface area (Å²) in [5.74, 6) is -7.80. The molecule has 1 unspecified atom stereocenters. The van der Waals surface area contributed by atoms with Gasteiger partial charge in [-0.15, -0.1) is 0 Å². The van der Waals surface area contributed by atoms with Crippen molar-refractivity contribution in [1.82, 2.24) is 14.9 Å². The van der Waals surface area contributed by atoms with Crippen molar-refractivity contribution in [3.63, 3.8) is 0 Å². The number of halogens is 4. The Labute approximate surface area is 209 Å². The number of anilines is 1. The molecule has 0 saturated heterocycles. The number of Topliss-reactive ketones (excluding diaryl/α,β-unsaturated/α-hetero) is 2. The van der Waals surface area contributed by atoms with Crippen molar-refractivity contribution in [3.8, 4) is 0 Å². The van der Waals surface area contributed by atoms with Crippen LogP contribution in [0.2, 0.25) is 0 Å². The molecule has 1 saturated carbocycles. The first-order valence-corrected chi connectivity index (χ1v) is 11.9. The van der Waals surface area contributed by atoms with Crippen molar-refractivity contribution in [3.05, 3.63) is 46.3 Å². The number of pyridine rings is 1. The molecule has 1 aliphatic carbocycles. The van der Waals surface area contributed by atoms with Gasteiger partial charge in [0.15, 0.2) is 11.6 Å². The number of fused-ring (bicyclic) bond motifs is 1. The zero-order valence-electron chi connectivity index (χ0n) is 20.5. The van der Waals surface area contributed by atoms with Gasteiger partial charge in [0.25, 0.3) is 23.5 Å². The predicted octanol–water partition coefficient (Wildman–Crippen LogP) is 4.01. The number of ketones is 2. The van der Waals surface area contributed by atoms with Gasteiger partial charge < -0.3 is 15.2 Å². The molecule has 1 aliphatic heterocycles. The van der Waals surface area contributed by atoms with E-state index in [1.807, 2.05) is 0 Å². The lowest BCUT2D eigenvalue weighted by Crippen LogP contribution is -2.67. The number of aromatic nitrogens is 2. The molecule has 1 atom stereocenters. The molecule has 2 aliphatic rings. The van der Waals surface area contributed by atoms with Crippen molar-refractivity contribution in [1.29, 1.82) is 0 Å². The highest BCUT2D eigenvalue weighted by Crippen LogP contribution is 2.46. The Hall–Kier alpha value is -3.57. The molecular weight excluding hydrogens is 496 g/mol. The fraction of sp³-hybridized carbons (Fsp3) is 0.480. The Morgan fingerprint density at radius 1 is 1.22 bits per heavy atom. The maximum absolute atomic E-state index is 14.6. The lowest BCUT2D eigenvalue weighted by molar-refractivity contribution is -0.163. The van der Waals surface area contributed by atoms with E-state index < -0.39 is 65.4 Å². The maximum atomic E-state index is 14.6. The van der Waals surface area contributed by atoms with Gasteiger partial charge >= 0.3 is 0 Å². The van der Waals surface area contributed by atoms with Crippen LogP contribution in [0, 0.1) is 12.7 Å². The largest absolute Gasteiger partial charge is 0.341 e. The highest BCUT2D eigenvalue weighted by molar-refractivity contribution is 6.43. The van der Waals surface area contributed by atoms with E-state index >= 15 is 0 Å². The minimum absolute atomic E-state index is 0.0641. The van der Waals surface area contributed by atoms with Gasteiger partial charge in [0, 0.05) is 37.7 Å². The number of rotatable bonds is 8. The Bertz CT molecular complexity index is 1310. The summed E-state index contributed by atoms with van der Waals surface area (Å²) in [7, 11) is 0. The van der Waals surface area contributed by atoms with Crippen LogP contribution < -0.4 is 10.6 Å². The van der Waals surface area contributed by atoms with Gasteiger partial charge in [0.05, 0.1) is 16.9 Å². The van der Waals surface area contributed by atoms with Gasteiger partial charge in [-0.1, -0.05) is 6.92 Å². The lowest BCUT2D eigenvalue weighted by atomic mass is 9.69. The van der Waals surface area contributed by atoms with E-state index in [4.69, 9.17) is 0 Å². The number of hydrogen-bond donors (Lipinski definition) is 2. The van der Waals surface area contributed by atoms with Crippen LogP contribution in [0.3, 0.4) is 0 Å². The smallest absolute Gasteiger partial charge is 0.294 e. The number of hydrogen-bond acceptors (Lipinski definition) is 5. The summed E-state index contributed by atoms with van der Waals surface area (Å²) in [4.78, 5) is 55.3. The van der Waals surface area contributed by atoms with Gasteiger partial charge in [0.2, 0.25) is 0 Å². The van der Waals surface area contributed by atoms with Crippen molar-refractivity contribution in [2.75, 3.05) is 5.32 Å². The van der Waals surface area contributed by atoms with Crippen molar-refractivity contribution in [2.45, 2.75) is 77.1 Å². The van der Waals surface area contributed by atoms with Crippen LogP contribution in [-0.4, -0.2) is 44.4 Å². The van der Waals surface area contributed by atoms with Gasteiger partial charge in [-0.25, -0.2) is 17.6 Å². The van der Waals surface area contributed by atoms with Gasteiger partial charge in [-0.05, 0) is 38.3 Å². The number of carbonyl (C=O) groups excluding carboxylic acids is 4. The molecule has 3 heterocycles. The summed E-state index contributed by atoms with van der Waals surface area (Å²) in [6, 6.07) is 1.17. The molecule has 0 radical (unpaired) electrons. The first-order valence-electron chi connectivity index (χ1n) is 11.9. The van der Waals surface area contributed by atoms with Gasteiger partial charge in [0.1, 0.15) is 17.4 Å². The molecule has 198 valence electrons. The minimum Gasteiger partial charge on any atom is -0.341 e. The first-order chi connectivity index (χ1) is 17.3. The molecule has 37 heavy (non-hydrogen) atoms. The third kappa shape index (κ3) is 4.53. The topological polar surface area (TPSA) is 110 Å². The van der Waals surface area contributed by atoms with Crippen molar-refractivity contribution < 1.29 is 36.7 Å². The van der Waals surface area contributed by atoms with Crippen molar-refractivity contribution >= 4 is 29.1 Å². The number of alkyl halides is 3. The Balaban J connectivity index is 1.63. The van der Waals surface area contributed by atoms with E-state index in [2.05, 4.69) is 15.6 Å². The number of amides is 2. The van der Waals surface area contributed by atoms with Crippen LogP contribution in [0.25, 0.3) is 0 Å². The molecule has 0 spiro atoms. The molecule has 12 heteroatoms. The lowest BCUT2D eigenvalue weighted by Gasteiger charge is -2.46. The molecule has 2 aromatic heterocycles. The summed E-state index contributed by atoms with van der Waals surface area (Å²) in [6.45, 7) is 4.35. The summed E-state index contributed by atoms with van der Waals surface area (Å²) in [6.07, 6.45) is -1.47. The average Bonchev–Trinajstić information content (AvgIpc) is 3.37. The molecule has 2 N–H and O–H groups in total. The summed E-state index contributed by atoms with van der Waals surface area (Å²) in [5, 5.41) is 4.62. The average molecular weight is 522 g/mol. The monoisotopic (exact) mass is 522 g/mol. The van der Waals surface area contributed by atoms with E-state index in [-0.39, 0.29) is 28.9 Å². The highest BCUT2D eigenvalue weighted by Gasteiger charge is 2.61.